The van der Waals surface area contributed by atoms with Gasteiger partial charge in [-0.15, -0.1) is 0 Å². The predicted molar refractivity (Wildman–Crippen MR) is 288 cm³/mol. The summed E-state index contributed by atoms with van der Waals surface area (Å²) < 4.78 is 2.37. The molecule has 320 valence electrons. The zero-order chi connectivity index (χ0) is 45.2. The summed E-state index contributed by atoms with van der Waals surface area (Å²) in [6, 6.07) is 101. The monoisotopic (exact) mass is 866 g/mol. The number of nitrogens with zero attached hydrogens (tertiary/aromatic N) is 2. The summed E-state index contributed by atoms with van der Waals surface area (Å²) in [6.07, 6.45) is 0. The summed E-state index contributed by atoms with van der Waals surface area (Å²) in [5, 5.41) is 2.53. The summed E-state index contributed by atoms with van der Waals surface area (Å²) >= 11 is 0. The van der Waals surface area contributed by atoms with Crippen molar-refractivity contribution in [3.63, 3.8) is 0 Å². The zero-order valence-corrected chi connectivity index (χ0v) is 37.5. The van der Waals surface area contributed by atoms with Crippen LogP contribution in [0.5, 0.6) is 0 Å². The maximum Gasteiger partial charge on any atom is 0.0541 e. The smallest absolute Gasteiger partial charge is 0.0541 e. The minimum Gasteiger partial charge on any atom is -0.310 e. The van der Waals surface area contributed by atoms with Gasteiger partial charge < -0.3 is 9.47 Å². The second-order valence-corrected chi connectivity index (χ2v) is 17.2. The van der Waals surface area contributed by atoms with Gasteiger partial charge >= 0.3 is 0 Å². The molecule has 0 aliphatic heterocycles. The fourth-order valence-corrected chi connectivity index (χ4v) is 10.1. The van der Waals surface area contributed by atoms with Gasteiger partial charge in [-0.05, 0) is 116 Å². The topological polar surface area (TPSA) is 8.17 Å². The summed E-state index contributed by atoms with van der Waals surface area (Å²) in [5.74, 6) is 0. The van der Waals surface area contributed by atoms with Crippen molar-refractivity contribution in [2.75, 3.05) is 4.90 Å². The van der Waals surface area contributed by atoms with E-state index in [4.69, 9.17) is 0 Å². The lowest BCUT2D eigenvalue weighted by molar-refractivity contribution is 1.18. The molecular formula is C66H46N2. The first kappa shape index (κ1) is 40.5. The lowest BCUT2D eigenvalue weighted by Gasteiger charge is -2.28. The number of anilines is 3. The minimum absolute atomic E-state index is 1.08. The predicted octanol–water partition coefficient (Wildman–Crippen LogP) is 18.3. The summed E-state index contributed by atoms with van der Waals surface area (Å²) in [7, 11) is 0. The molecule has 0 amide bonds. The van der Waals surface area contributed by atoms with Crippen LogP contribution in [0.1, 0.15) is 0 Å². The van der Waals surface area contributed by atoms with Crippen molar-refractivity contribution >= 4 is 38.9 Å². The number of aromatic nitrogens is 1. The molecule has 0 bridgehead atoms. The van der Waals surface area contributed by atoms with E-state index in [0.717, 1.165) is 33.9 Å². The first-order valence-corrected chi connectivity index (χ1v) is 23.3. The van der Waals surface area contributed by atoms with E-state index >= 15 is 0 Å². The number of benzene rings is 11. The highest BCUT2D eigenvalue weighted by atomic mass is 15.1. The van der Waals surface area contributed by atoms with Gasteiger partial charge in [0.15, 0.2) is 0 Å². The van der Waals surface area contributed by atoms with E-state index in [9.17, 15) is 0 Å². The van der Waals surface area contributed by atoms with Crippen LogP contribution in [0.25, 0.3) is 94.3 Å². The van der Waals surface area contributed by atoms with Crippen LogP contribution in [-0.4, -0.2) is 4.57 Å². The first-order valence-electron chi connectivity index (χ1n) is 23.3. The van der Waals surface area contributed by atoms with Crippen molar-refractivity contribution in [1.29, 1.82) is 0 Å². The fourth-order valence-electron chi connectivity index (χ4n) is 10.1. The molecule has 1 heterocycles. The molecule has 0 aliphatic rings. The first-order chi connectivity index (χ1) is 33.8. The zero-order valence-electron chi connectivity index (χ0n) is 37.5. The Morgan fingerprint density at radius 2 is 0.544 bits per heavy atom. The van der Waals surface area contributed by atoms with Gasteiger partial charge in [0.2, 0.25) is 0 Å². The molecule has 0 unspecified atom stereocenters. The van der Waals surface area contributed by atoms with Gasteiger partial charge in [0.1, 0.15) is 0 Å². The number of fused-ring (bicyclic) bond motifs is 3. The fraction of sp³-hybridized carbons (Fsp3) is 0. The van der Waals surface area contributed by atoms with Gasteiger partial charge in [-0.3, -0.25) is 0 Å². The molecule has 2 heteroatoms. The molecule has 68 heavy (non-hydrogen) atoms. The molecule has 2 nitrogen and oxygen atoms in total. The van der Waals surface area contributed by atoms with Crippen molar-refractivity contribution in [2.24, 2.45) is 0 Å². The number of rotatable bonds is 10. The number of hydrogen-bond acceptors (Lipinski definition) is 1. The van der Waals surface area contributed by atoms with Crippen LogP contribution in [0.4, 0.5) is 17.1 Å². The second-order valence-electron chi connectivity index (χ2n) is 17.2. The number of hydrogen-bond donors (Lipinski definition) is 0. The largest absolute Gasteiger partial charge is 0.310 e. The summed E-state index contributed by atoms with van der Waals surface area (Å²) in [4.78, 5) is 2.39. The van der Waals surface area contributed by atoms with Gasteiger partial charge in [-0.25, -0.2) is 0 Å². The van der Waals surface area contributed by atoms with E-state index in [1.807, 2.05) is 0 Å². The molecule has 11 aromatic carbocycles. The SMILES string of the molecule is c1ccc(-c2ccccc2-c2ccccc2-c2ccccc2-c2ccc(N(c3ccc(-c4ccc(-n5c6ccccc6c6ccccc65)cc4)cc3)c3ccccc3-c3ccccc3)cc2)cc1. The van der Waals surface area contributed by atoms with Crippen LogP contribution in [0.15, 0.2) is 279 Å². The van der Waals surface area contributed by atoms with E-state index in [1.165, 1.54) is 77.4 Å². The molecule has 12 aromatic rings. The molecule has 12 rings (SSSR count). The molecule has 0 spiro atoms. The Labute approximate surface area is 397 Å². The van der Waals surface area contributed by atoms with Crippen LogP contribution < -0.4 is 4.90 Å². The lowest BCUT2D eigenvalue weighted by atomic mass is 9.87. The highest BCUT2D eigenvalue weighted by Gasteiger charge is 2.20. The Balaban J connectivity index is 0.912. The maximum atomic E-state index is 2.39. The van der Waals surface area contributed by atoms with Gasteiger partial charge in [0.25, 0.3) is 0 Å². The average Bonchev–Trinajstić information content (AvgIpc) is 3.76. The standard InChI is InChI=1S/C66H46N2/c1-3-19-49(20-4-1)55-23-7-9-26-58(55)60-28-11-12-29-61(60)59-27-10-8-24-56(59)51-39-45-53(46-40-51)67(64-32-16-13-25-57(64)50-21-5-2-6-22-50)52-41-35-47(36-42-52)48-37-43-54(44-38-48)68-65-33-17-14-30-62(65)63-31-15-18-34-66(63)68/h1-46H. The Kier molecular flexibility index (Phi) is 10.6. The minimum atomic E-state index is 1.08. The van der Waals surface area contributed by atoms with E-state index in [-0.39, 0.29) is 0 Å². The van der Waals surface area contributed by atoms with Crippen LogP contribution in [0.3, 0.4) is 0 Å². The highest BCUT2D eigenvalue weighted by Crippen LogP contribution is 2.45. The quantitative estimate of drug-likeness (QED) is 0.133. The highest BCUT2D eigenvalue weighted by molar-refractivity contribution is 6.09. The lowest BCUT2D eigenvalue weighted by Crippen LogP contribution is -2.11. The molecule has 0 aliphatic carbocycles. The molecular weight excluding hydrogens is 821 g/mol. The van der Waals surface area contributed by atoms with E-state index < -0.39 is 0 Å². The molecule has 0 atom stereocenters. The van der Waals surface area contributed by atoms with Gasteiger partial charge in [-0.1, -0.05) is 224 Å². The van der Waals surface area contributed by atoms with E-state index in [0.29, 0.717) is 0 Å². The molecule has 0 saturated heterocycles. The van der Waals surface area contributed by atoms with Crippen LogP contribution in [-0.2, 0) is 0 Å². The third-order valence-corrected chi connectivity index (χ3v) is 13.3. The van der Waals surface area contributed by atoms with E-state index in [1.54, 1.807) is 0 Å². The van der Waals surface area contributed by atoms with Crippen molar-refractivity contribution in [2.45, 2.75) is 0 Å². The third-order valence-electron chi connectivity index (χ3n) is 13.3. The third kappa shape index (κ3) is 7.45. The number of para-hydroxylation sites is 3. The Morgan fingerprint density at radius 3 is 1.03 bits per heavy atom. The van der Waals surface area contributed by atoms with Crippen molar-refractivity contribution in [1.82, 2.24) is 4.57 Å². The van der Waals surface area contributed by atoms with Gasteiger partial charge in [0.05, 0.1) is 16.7 Å². The van der Waals surface area contributed by atoms with Crippen LogP contribution >= 0.6 is 0 Å². The van der Waals surface area contributed by atoms with Crippen LogP contribution in [0, 0.1) is 0 Å². The molecule has 1 aromatic heterocycles. The van der Waals surface area contributed by atoms with E-state index in [2.05, 4.69) is 289 Å². The Bertz CT molecular complexity index is 3650. The normalized spacial score (nSPS) is 11.2. The Morgan fingerprint density at radius 1 is 0.221 bits per heavy atom. The van der Waals surface area contributed by atoms with Crippen molar-refractivity contribution < 1.29 is 0 Å². The van der Waals surface area contributed by atoms with Crippen molar-refractivity contribution in [3.8, 4) is 72.4 Å². The molecule has 0 saturated carbocycles. The molecule has 0 N–H and O–H groups in total. The average molecular weight is 867 g/mol. The molecule has 0 fully saturated rings. The van der Waals surface area contributed by atoms with Crippen LogP contribution in [0.2, 0.25) is 0 Å². The molecule has 0 radical (unpaired) electrons. The summed E-state index contributed by atoms with van der Waals surface area (Å²) in [6.45, 7) is 0. The second kappa shape index (κ2) is 17.8. The van der Waals surface area contributed by atoms with Gasteiger partial charge in [0, 0.05) is 33.4 Å². The maximum absolute atomic E-state index is 2.39. The van der Waals surface area contributed by atoms with Gasteiger partial charge in [-0.2, -0.15) is 0 Å². The summed E-state index contributed by atoms with van der Waals surface area (Å²) in [5.41, 5.74) is 21.1. The Hall–Kier alpha value is -8.98. The van der Waals surface area contributed by atoms with Crippen molar-refractivity contribution in [3.05, 3.63) is 279 Å².